The molecule has 1 heterocycles. The number of likely N-dealkylation sites (tertiary alicyclic amines) is 1. The molecule has 2 unspecified atom stereocenters. The molecule has 0 N–H and O–H groups in total. The van der Waals surface area contributed by atoms with Gasteiger partial charge in [0, 0.05) is 25.2 Å². The third-order valence-corrected chi connectivity index (χ3v) is 4.19. The maximum atomic E-state index is 12.3. The van der Waals surface area contributed by atoms with E-state index < -0.39 is 6.10 Å². The molecule has 2 rings (SSSR count). The van der Waals surface area contributed by atoms with Crippen molar-refractivity contribution in [3.8, 4) is 5.75 Å². The molecule has 1 fully saturated rings. The second-order valence-corrected chi connectivity index (χ2v) is 6.06. The summed E-state index contributed by atoms with van der Waals surface area (Å²) in [5.74, 6) is 0.587. The average Bonchev–Trinajstić information content (AvgIpc) is 2.89. The monoisotopic (exact) mass is 361 g/mol. The van der Waals surface area contributed by atoms with Gasteiger partial charge in [0.2, 0.25) is 0 Å². The number of amides is 1. The summed E-state index contributed by atoms with van der Waals surface area (Å²) < 4.78 is 11.7. The first-order valence-electron chi connectivity index (χ1n) is 6.44. The van der Waals surface area contributed by atoms with Gasteiger partial charge in [-0.25, -0.2) is 0 Å². The summed E-state index contributed by atoms with van der Waals surface area (Å²) in [4.78, 5) is 14.1. The van der Waals surface area contributed by atoms with Crippen LogP contribution in [0.2, 0.25) is 5.02 Å². The van der Waals surface area contributed by atoms with Crippen LogP contribution in [0.1, 0.15) is 13.3 Å². The number of methoxy groups -OCH3 is 1. The summed E-state index contributed by atoms with van der Waals surface area (Å²) in [5, 5.41) is 0.616. The van der Waals surface area contributed by atoms with Gasteiger partial charge in [-0.15, -0.1) is 0 Å². The zero-order chi connectivity index (χ0) is 14.7. The lowest BCUT2D eigenvalue weighted by molar-refractivity contribution is -0.137. The number of rotatable bonds is 4. The third kappa shape index (κ3) is 3.65. The van der Waals surface area contributed by atoms with Crippen molar-refractivity contribution in [2.45, 2.75) is 25.6 Å². The van der Waals surface area contributed by atoms with E-state index in [4.69, 9.17) is 21.1 Å². The highest BCUT2D eigenvalue weighted by atomic mass is 79.9. The van der Waals surface area contributed by atoms with Crippen molar-refractivity contribution >= 4 is 33.4 Å². The van der Waals surface area contributed by atoms with Gasteiger partial charge >= 0.3 is 0 Å². The highest BCUT2D eigenvalue weighted by molar-refractivity contribution is 9.10. The highest BCUT2D eigenvalue weighted by Gasteiger charge is 2.30. The first-order valence-corrected chi connectivity index (χ1v) is 7.61. The number of hydrogen-bond donors (Lipinski definition) is 0. The van der Waals surface area contributed by atoms with Crippen LogP contribution < -0.4 is 4.74 Å². The molecule has 0 spiro atoms. The molecule has 1 aliphatic rings. The Balaban J connectivity index is 1.97. The molecule has 1 saturated heterocycles. The Labute approximate surface area is 132 Å². The largest absolute Gasteiger partial charge is 0.480 e. The standard InChI is InChI=1S/C14H17BrClNO3/c1-9(14(18)17-6-5-11(8-17)19-2)20-13-4-3-10(16)7-12(13)15/h3-4,7,9,11H,5-6,8H2,1-2H3. The van der Waals surface area contributed by atoms with Crippen LogP contribution in [0.15, 0.2) is 22.7 Å². The molecule has 4 nitrogen and oxygen atoms in total. The Hall–Kier alpha value is -0.780. The van der Waals surface area contributed by atoms with E-state index in [0.29, 0.717) is 23.9 Å². The summed E-state index contributed by atoms with van der Waals surface area (Å²) >= 11 is 9.25. The SMILES string of the molecule is COC1CCN(C(=O)C(C)Oc2ccc(Cl)cc2Br)C1. The fourth-order valence-electron chi connectivity index (χ4n) is 2.19. The molecule has 0 radical (unpaired) electrons. The quantitative estimate of drug-likeness (QED) is 0.826. The summed E-state index contributed by atoms with van der Waals surface area (Å²) in [5.41, 5.74) is 0. The molecule has 1 amide bonds. The lowest BCUT2D eigenvalue weighted by atomic mass is 10.3. The molecule has 110 valence electrons. The molecule has 20 heavy (non-hydrogen) atoms. The van der Waals surface area contributed by atoms with Gasteiger partial charge in [-0.3, -0.25) is 4.79 Å². The van der Waals surface area contributed by atoms with E-state index in [9.17, 15) is 4.79 Å². The van der Waals surface area contributed by atoms with E-state index in [-0.39, 0.29) is 12.0 Å². The van der Waals surface area contributed by atoms with Crippen LogP contribution in [0.3, 0.4) is 0 Å². The Morgan fingerprint density at radius 2 is 2.30 bits per heavy atom. The highest BCUT2D eigenvalue weighted by Crippen LogP contribution is 2.29. The van der Waals surface area contributed by atoms with Crippen LogP contribution in [0.4, 0.5) is 0 Å². The predicted octanol–water partition coefficient (Wildman–Crippen LogP) is 3.12. The summed E-state index contributed by atoms with van der Waals surface area (Å²) in [7, 11) is 1.67. The Morgan fingerprint density at radius 3 is 2.90 bits per heavy atom. The van der Waals surface area contributed by atoms with E-state index in [1.165, 1.54) is 0 Å². The molecule has 0 saturated carbocycles. The van der Waals surface area contributed by atoms with Gasteiger partial charge in [-0.1, -0.05) is 11.6 Å². The number of ether oxygens (including phenoxy) is 2. The third-order valence-electron chi connectivity index (χ3n) is 3.34. The van der Waals surface area contributed by atoms with Crippen LogP contribution in [0.5, 0.6) is 5.75 Å². The van der Waals surface area contributed by atoms with Crippen molar-refractivity contribution < 1.29 is 14.3 Å². The van der Waals surface area contributed by atoms with Crippen molar-refractivity contribution in [2.75, 3.05) is 20.2 Å². The molecule has 2 atom stereocenters. The van der Waals surface area contributed by atoms with E-state index in [1.54, 1.807) is 37.1 Å². The summed E-state index contributed by atoms with van der Waals surface area (Å²) in [6.07, 6.45) is 0.469. The first kappa shape index (κ1) is 15.6. The van der Waals surface area contributed by atoms with Gasteiger partial charge in [0.15, 0.2) is 6.10 Å². The normalized spacial score (nSPS) is 20.0. The second kappa shape index (κ2) is 6.78. The zero-order valence-corrected chi connectivity index (χ0v) is 13.8. The molecule has 0 aromatic heterocycles. The number of benzene rings is 1. The molecule has 0 aliphatic carbocycles. The van der Waals surface area contributed by atoms with Crippen LogP contribution in [-0.2, 0) is 9.53 Å². The molecule has 1 aromatic rings. The minimum absolute atomic E-state index is 0.0219. The minimum atomic E-state index is -0.539. The number of hydrogen-bond acceptors (Lipinski definition) is 3. The summed E-state index contributed by atoms with van der Waals surface area (Å²) in [6.45, 7) is 3.10. The molecule has 0 bridgehead atoms. The van der Waals surface area contributed by atoms with Crippen molar-refractivity contribution in [2.24, 2.45) is 0 Å². The number of nitrogens with zero attached hydrogens (tertiary/aromatic N) is 1. The zero-order valence-electron chi connectivity index (χ0n) is 11.4. The lowest BCUT2D eigenvalue weighted by Gasteiger charge is -2.22. The summed E-state index contributed by atoms with van der Waals surface area (Å²) in [6, 6.07) is 5.22. The van der Waals surface area contributed by atoms with Crippen molar-refractivity contribution in [3.63, 3.8) is 0 Å². The predicted molar refractivity (Wildman–Crippen MR) is 81.2 cm³/mol. The Bertz CT molecular complexity index is 497. The lowest BCUT2D eigenvalue weighted by Crippen LogP contribution is -2.39. The maximum absolute atomic E-state index is 12.3. The van der Waals surface area contributed by atoms with Gasteiger partial charge in [0.05, 0.1) is 10.6 Å². The number of halogens is 2. The Morgan fingerprint density at radius 1 is 1.55 bits per heavy atom. The minimum Gasteiger partial charge on any atom is -0.480 e. The van der Waals surface area contributed by atoms with Crippen molar-refractivity contribution in [1.82, 2.24) is 4.90 Å². The Kier molecular flexibility index (Phi) is 5.29. The van der Waals surface area contributed by atoms with E-state index >= 15 is 0 Å². The second-order valence-electron chi connectivity index (χ2n) is 4.77. The number of carbonyl (C=O) groups is 1. The molecule has 1 aliphatic heterocycles. The first-order chi connectivity index (χ1) is 9.51. The van der Waals surface area contributed by atoms with Crippen LogP contribution >= 0.6 is 27.5 Å². The van der Waals surface area contributed by atoms with Crippen LogP contribution in [0, 0.1) is 0 Å². The van der Waals surface area contributed by atoms with E-state index in [2.05, 4.69) is 15.9 Å². The van der Waals surface area contributed by atoms with Gasteiger partial charge in [-0.05, 0) is 47.5 Å². The maximum Gasteiger partial charge on any atom is 0.263 e. The molecule has 6 heteroatoms. The average molecular weight is 363 g/mol. The van der Waals surface area contributed by atoms with Crippen molar-refractivity contribution in [1.29, 1.82) is 0 Å². The molecular formula is C14H17BrClNO3. The van der Waals surface area contributed by atoms with E-state index in [1.807, 2.05) is 0 Å². The molecular weight excluding hydrogens is 346 g/mol. The van der Waals surface area contributed by atoms with Gasteiger partial charge in [0.1, 0.15) is 5.75 Å². The van der Waals surface area contributed by atoms with Gasteiger partial charge < -0.3 is 14.4 Å². The van der Waals surface area contributed by atoms with Gasteiger partial charge in [0.25, 0.3) is 5.91 Å². The number of carbonyl (C=O) groups excluding carboxylic acids is 1. The fourth-order valence-corrected chi connectivity index (χ4v) is 2.97. The van der Waals surface area contributed by atoms with Crippen LogP contribution in [0.25, 0.3) is 0 Å². The topological polar surface area (TPSA) is 38.8 Å². The van der Waals surface area contributed by atoms with Crippen LogP contribution in [-0.4, -0.2) is 43.2 Å². The van der Waals surface area contributed by atoms with Gasteiger partial charge in [-0.2, -0.15) is 0 Å². The fraction of sp³-hybridized carbons (Fsp3) is 0.500. The van der Waals surface area contributed by atoms with E-state index in [0.717, 1.165) is 10.9 Å². The molecule has 1 aromatic carbocycles. The van der Waals surface area contributed by atoms with Crippen molar-refractivity contribution in [3.05, 3.63) is 27.7 Å². The smallest absolute Gasteiger partial charge is 0.263 e.